The molecule has 0 spiro atoms. The molecule has 0 aromatic rings. The second-order valence-electron chi connectivity index (χ2n) is 7.24. The summed E-state index contributed by atoms with van der Waals surface area (Å²) in [6.45, 7) is 5.85. The van der Waals surface area contributed by atoms with Crippen LogP contribution in [0.4, 0.5) is 0 Å². The highest BCUT2D eigenvalue weighted by Crippen LogP contribution is 2.64. The molecule has 0 aromatic carbocycles. The number of hydrogen-bond donors (Lipinski definition) is 0. The van der Waals surface area contributed by atoms with Crippen molar-refractivity contribution in [1.82, 2.24) is 0 Å². The van der Waals surface area contributed by atoms with Gasteiger partial charge in [0.25, 0.3) is 0 Å². The summed E-state index contributed by atoms with van der Waals surface area (Å²) in [6, 6.07) is 0. The lowest BCUT2D eigenvalue weighted by Crippen LogP contribution is -2.37. The molecule has 0 aliphatic carbocycles. The predicted molar refractivity (Wildman–Crippen MR) is 142 cm³/mol. The van der Waals surface area contributed by atoms with Crippen molar-refractivity contribution in [3.05, 3.63) is 0 Å². The van der Waals surface area contributed by atoms with Gasteiger partial charge >= 0.3 is 7.82 Å². The van der Waals surface area contributed by atoms with Crippen LogP contribution in [0.5, 0.6) is 0 Å². The highest BCUT2D eigenvalue weighted by Gasteiger charge is 2.54. The third-order valence-corrected chi connectivity index (χ3v) is 10.7. The molecule has 0 fully saturated rings. The maximum absolute atomic E-state index is 13.6. The van der Waals surface area contributed by atoms with Gasteiger partial charge in [0.2, 0.25) is 13.6 Å². The van der Waals surface area contributed by atoms with E-state index in [0.717, 1.165) is 19.3 Å². The molecule has 14 heteroatoms. The fourth-order valence-corrected chi connectivity index (χ4v) is 6.68. The van der Waals surface area contributed by atoms with Gasteiger partial charge in [0.15, 0.2) is 0 Å². The zero-order valence-corrected chi connectivity index (χ0v) is 25.8. The van der Waals surface area contributed by atoms with Gasteiger partial charge in [0.05, 0.1) is 16.1 Å². The fraction of sp³-hybridized carbons (Fsp3) is 1.00. The number of phosphoric ester groups is 1. The Kier molecular flexibility index (Phi) is 17.2. The predicted octanol–water partition coefficient (Wildman–Crippen LogP) is 10.9. The monoisotopic (exact) mass is 656 g/mol. The summed E-state index contributed by atoms with van der Waals surface area (Å²) in [6.07, 6.45) is 5.49. The smallest absolute Gasteiger partial charge is 0.248 e. The van der Waals surface area contributed by atoms with Crippen LogP contribution in [0.1, 0.15) is 78.6 Å². The van der Waals surface area contributed by atoms with E-state index >= 15 is 0 Å². The molecule has 0 amide bonds. The highest BCUT2D eigenvalue weighted by molar-refractivity contribution is 7.49. The van der Waals surface area contributed by atoms with E-state index in [0.29, 0.717) is 38.5 Å². The molecule has 0 radical (unpaired) electrons. The summed E-state index contributed by atoms with van der Waals surface area (Å²) in [7, 11) is -4.89. The standard InChI is InChI=1S/C18H30Cl9O4P/c1-4-7-10-13(19)16(22,23)29-32(28,30-17(24,25)14(20)11-8-5-2)31-18(26,27)15(21)12-9-6-3/h13-15H,4-12H2,1-3H3. The van der Waals surface area contributed by atoms with Crippen molar-refractivity contribution >= 4 is 112 Å². The summed E-state index contributed by atoms with van der Waals surface area (Å²) < 4.78 is 22.9. The first-order chi connectivity index (χ1) is 14.6. The highest BCUT2D eigenvalue weighted by atomic mass is 35.5. The molecule has 0 N–H and O–H groups in total. The number of hydrogen-bond acceptors (Lipinski definition) is 4. The summed E-state index contributed by atoms with van der Waals surface area (Å²) >= 11 is 56.2. The second kappa shape index (κ2) is 15.9. The summed E-state index contributed by atoms with van der Waals surface area (Å²) in [5, 5.41) is -2.99. The molecule has 194 valence electrons. The first-order valence-electron chi connectivity index (χ1n) is 10.3. The average molecular weight is 660 g/mol. The Bertz CT molecular complexity index is 505. The molecule has 4 nitrogen and oxygen atoms in total. The molecule has 0 aromatic heterocycles. The molecule has 0 saturated heterocycles. The Morgan fingerprint density at radius 2 is 0.812 bits per heavy atom. The number of phosphoric acid groups is 1. The van der Waals surface area contributed by atoms with E-state index in [9.17, 15) is 4.57 Å². The van der Waals surface area contributed by atoms with E-state index in [2.05, 4.69) is 0 Å². The molecule has 0 saturated carbocycles. The van der Waals surface area contributed by atoms with Crippen LogP contribution >= 0.6 is 112 Å². The van der Waals surface area contributed by atoms with Gasteiger partial charge in [0, 0.05) is 0 Å². The topological polar surface area (TPSA) is 44.8 Å². The average Bonchev–Trinajstić information content (AvgIpc) is 2.66. The third-order valence-electron chi connectivity index (χ3n) is 4.23. The Morgan fingerprint density at radius 3 is 1.00 bits per heavy atom. The van der Waals surface area contributed by atoms with Crippen LogP contribution in [0.3, 0.4) is 0 Å². The molecule has 0 aliphatic rings. The zero-order valence-electron chi connectivity index (χ0n) is 18.1. The minimum atomic E-state index is -4.89. The van der Waals surface area contributed by atoms with Crippen molar-refractivity contribution in [3.63, 3.8) is 0 Å². The molecule has 3 atom stereocenters. The van der Waals surface area contributed by atoms with Crippen molar-refractivity contribution < 1.29 is 18.1 Å². The molecule has 0 heterocycles. The fourth-order valence-electron chi connectivity index (χ4n) is 2.33. The quantitative estimate of drug-likeness (QED) is 0.108. The molecule has 3 unspecified atom stereocenters. The normalized spacial score (nSPS) is 18.2. The van der Waals surface area contributed by atoms with Gasteiger partial charge in [-0.2, -0.15) is 0 Å². The third kappa shape index (κ3) is 12.8. The van der Waals surface area contributed by atoms with Gasteiger partial charge in [-0.25, -0.2) is 18.1 Å². The molecule has 0 rings (SSSR count). The van der Waals surface area contributed by atoms with Crippen molar-refractivity contribution in [1.29, 1.82) is 0 Å². The van der Waals surface area contributed by atoms with Crippen molar-refractivity contribution in [2.45, 2.75) is 108 Å². The van der Waals surface area contributed by atoms with Crippen LogP contribution in [-0.4, -0.2) is 29.7 Å². The summed E-state index contributed by atoms with van der Waals surface area (Å²) in [4.78, 5) is 0. The van der Waals surface area contributed by atoms with E-state index < -0.39 is 37.5 Å². The van der Waals surface area contributed by atoms with Crippen molar-refractivity contribution in [3.8, 4) is 0 Å². The van der Waals surface area contributed by atoms with Crippen molar-refractivity contribution in [2.75, 3.05) is 0 Å². The largest absolute Gasteiger partial charge is 0.482 e. The molecular formula is C18H30Cl9O4P. The lowest BCUT2D eigenvalue weighted by atomic mass is 10.2. The van der Waals surface area contributed by atoms with Gasteiger partial charge < -0.3 is 0 Å². The molecule has 32 heavy (non-hydrogen) atoms. The number of halogens is 9. The maximum Gasteiger partial charge on any atom is 0.482 e. The van der Waals surface area contributed by atoms with Crippen LogP contribution in [0.15, 0.2) is 0 Å². The van der Waals surface area contributed by atoms with Crippen LogP contribution in [0.25, 0.3) is 0 Å². The van der Waals surface area contributed by atoms with E-state index in [1.165, 1.54) is 0 Å². The van der Waals surface area contributed by atoms with Gasteiger partial charge in [-0.05, 0) is 19.3 Å². The lowest BCUT2D eigenvalue weighted by Gasteiger charge is -2.36. The second-order valence-corrected chi connectivity index (χ2v) is 14.2. The maximum atomic E-state index is 13.6. The number of alkyl halides is 9. The van der Waals surface area contributed by atoms with Crippen LogP contribution < -0.4 is 0 Å². The van der Waals surface area contributed by atoms with Crippen molar-refractivity contribution in [2.24, 2.45) is 0 Å². The minimum absolute atomic E-state index is 0.341. The minimum Gasteiger partial charge on any atom is -0.248 e. The SMILES string of the molecule is CCCCC(Cl)C(Cl)(Cl)OP(=O)(OC(Cl)(Cl)C(Cl)CCCC)OC(Cl)(Cl)C(Cl)CCCC. The Labute approximate surface area is 237 Å². The van der Waals surface area contributed by atoms with Gasteiger partial charge in [-0.1, -0.05) is 129 Å². The van der Waals surface area contributed by atoms with Crippen LogP contribution in [-0.2, 0) is 18.1 Å². The van der Waals surface area contributed by atoms with Crippen LogP contribution in [0, 0.1) is 0 Å². The van der Waals surface area contributed by atoms with Gasteiger partial charge in [-0.15, -0.1) is 34.8 Å². The van der Waals surface area contributed by atoms with Gasteiger partial charge in [-0.3, -0.25) is 0 Å². The first kappa shape index (κ1) is 34.7. The number of unbranched alkanes of at least 4 members (excludes halogenated alkanes) is 3. The molecule has 0 aliphatic heterocycles. The first-order valence-corrected chi connectivity index (χ1v) is 15.4. The lowest BCUT2D eigenvalue weighted by molar-refractivity contribution is 0.0501. The van der Waals surface area contributed by atoms with E-state index in [-0.39, 0.29) is 0 Å². The Hall–Kier alpha value is 2.72. The molecule has 0 bridgehead atoms. The summed E-state index contributed by atoms with van der Waals surface area (Å²) in [5.41, 5.74) is 0. The zero-order chi connectivity index (χ0) is 25.2. The Balaban J connectivity index is 5.87. The van der Waals surface area contributed by atoms with Gasteiger partial charge in [0.1, 0.15) is 0 Å². The summed E-state index contributed by atoms with van der Waals surface area (Å²) in [5.74, 6) is 0. The van der Waals surface area contributed by atoms with E-state index in [4.69, 9.17) is 118 Å². The van der Waals surface area contributed by atoms with E-state index in [1.807, 2.05) is 20.8 Å². The van der Waals surface area contributed by atoms with E-state index in [1.54, 1.807) is 0 Å². The van der Waals surface area contributed by atoms with Crippen LogP contribution in [0.2, 0.25) is 0 Å². The molecular weight excluding hydrogens is 630 g/mol. The number of rotatable bonds is 18. The Morgan fingerprint density at radius 1 is 0.594 bits per heavy atom.